The van der Waals surface area contributed by atoms with Gasteiger partial charge < -0.3 is 20.1 Å². The maximum atomic E-state index is 11.9. The predicted octanol–water partition coefficient (Wildman–Crippen LogP) is 1.93. The van der Waals surface area contributed by atoms with Crippen molar-refractivity contribution in [1.82, 2.24) is 10.6 Å². The standard InChI is InChI=1S/C19H22N2O4/c1-14-3-7-17(8-4-14)25-13-18(22)20-11-12-21-19(23)15-5-9-16(24-2)10-6-15/h3-10H,11-13H2,1-2H3,(H,20,22)(H,21,23). The van der Waals surface area contributed by atoms with E-state index in [4.69, 9.17) is 9.47 Å². The largest absolute Gasteiger partial charge is 0.497 e. The van der Waals surface area contributed by atoms with Gasteiger partial charge in [0.15, 0.2) is 6.61 Å². The van der Waals surface area contributed by atoms with Gasteiger partial charge in [-0.1, -0.05) is 17.7 Å². The number of amides is 2. The molecule has 0 aliphatic rings. The van der Waals surface area contributed by atoms with Crippen molar-refractivity contribution in [2.45, 2.75) is 6.92 Å². The highest BCUT2D eigenvalue weighted by Crippen LogP contribution is 2.11. The van der Waals surface area contributed by atoms with Crippen LogP contribution in [0.15, 0.2) is 48.5 Å². The Balaban J connectivity index is 1.63. The van der Waals surface area contributed by atoms with E-state index in [0.29, 0.717) is 30.2 Å². The van der Waals surface area contributed by atoms with Gasteiger partial charge in [0.25, 0.3) is 11.8 Å². The number of nitrogens with one attached hydrogen (secondary N) is 2. The van der Waals surface area contributed by atoms with Gasteiger partial charge in [-0.3, -0.25) is 9.59 Å². The fourth-order valence-corrected chi connectivity index (χ4v) is 2.06. The number of hydrogen-bond donors (Lipinski definition) is 2. The lowest BCUT2D eigenvalue weighted by Crippen LogP contribution is -2.36. The fourth-order valence-electron chi connectivity index (χ4n) is 2.06. The molecular weight excluding hydrogens is 320 g/mol. The summed E-state index contributed by atoms with van der Waals surface area (Å²) < 4.78 is 10.4. The highest BCUT2D eigenvalue weighted by molar-refractivity contribution is 5.94. The molecule has 6 heteroatoms. The molecule has 0 atom stereocenters. The van der Waals surface area contributed by atoms with E-state index in [1.54, 1.807) is 31.4 Å². The van der Waals surface area contributed by atoms with Gasteiger partial charge in [0, 0.05) is 18.7 Å². The van der Waals surface area contributed by atoms with Crippen LogP contribution in [0.1, 0.15) is 15.9 Å². The summed E-state index contributed by atoms with van der Waals surface area (Å²) in [6.07, 6.45) is 0. The Bertz CT molecular complexity index is 696. The monoisotopic (exact) mass is 342 g/mol. The van der Waals surface area contributed by atoms with E-state index < -0.39 is 0 Å². The number of hydrogen-bond acceptors (Lipinski definition) is 4. The number of ether oxygens (including phenoxy) is 2. The van der Waals surface area contributed by atoms with E-state index in [-0.39, 0.29) is 18.4 Å². The number of rotatable bonds is 8. The first-order valence-corrected chi connectivity index (χ1v) is 7.97. The maximum absolute atomic E-state index is 11.9. The molecule has 2 aromatic carbocycles. The number of benzene rings is 2. The summed E-state index contributed by atoms with van der Waals surface area (Å²) in [6.45, 7) is 2.59. The Morgan fingerprint density at radius 1 is 0.880 bits per heavy atom. The molecule has 2 rings (SSSR count). The average molecular weight is 342 g/mol. The first kappa shape index (κ1) is 18.3. The van der Waals surface area contributed by atoms with Crippen LogP contribution in [0.3, 0.4) is 0 Å². The second-order valence-corrected chi connectivity index (χ2v) is 5.44. The molecular formula is C19H22N2O4. The lowest BCUT2D eigenvalue weighted by molar-refractivity contribution is -0.123. The van der Waals surface area contributed by atoms with Gasteiger partial charge in [-0.15, -0.1) is 0 Å². The number of carbonyl (C=O) groups excluding carboxylic acids is 2. The van der Waals surface area contributed by atoms with Crippen molar-refractivity contribution >= 4 is 11.8 Å². The highest BCUT2D eigenvalue weighted by Gasteiger charge is 2.06. The van der Waals surface area contributed by atoms with Crippen LogP contribution in [0.2, 0.25) is 0 Å². The zero-order chi connectivity index (χ0) is 18.1. The molecule has 6 nitrogen and oxygen atoms in total. The molecule has 25 heavy (non-hydrogen) atoms. The Labute approximate surface area is 147 Å². The Morgan fingerprint density at radius 2 is 1.48 bits per heavy atom. The van der Waals surface area contributed by atoms with Gasteiger partial charge in [0.05, 0.1) is 7.11 Å². The van der Waals surface area contributed by atoms with E-state index in [2.05, 4.69) is 10.6 Å². The van der Waals surface area contributed by atoms with E-state index in [0.717, 1.165) is 5.56 Å². The Morgan fingerprint density at radius 3 is 2.12 bits per heavy atom. The summed E-state index contributed by atoms with van der Waals surface area (Å²) in [7, 11) is 1.57. The van der Waals surface area contributed by atoms with Gasteiger partial charge in [0.2, 0.25) is 0 Å². The maximum Gasteiger partial charge on any atom is 0.258 e. The third-order valence-electron chi connectivity index (χ3n) is 3.48. The molecule has 2 aromatic rings. The third kappa shape index (κ3) is 6.18. The van der Waals surface area contributed by atoms with Gasteiger partial charge in [-0.2, -0.15) is 0 Å². The lowest BCUT2D eigenvalue weighted by atomic mass is 10.2. The number of methoxy groups -OCH3 is 1. The SMILES string of the molecule is COc1ccc(C(=O)NCCNC(=O)COc2ccc(C)cc2)cc1. The van der Waals surface area contributed by atoms with Crippen LogP contribution in [-0.4, -0.2) is 38.6 Å². The van der Waals surface area contributed by atoms with E-state index >= 15 is 0 Å². The Kier molecular flexibility index (Phi) is 6.83. The summed E-state index contributed by atoms with van der Waals surface area (Å²) in [5, 5.41) is 5.43. The van der Waals surface area contributed by atoms with Crippen LogP contribution in [0.25, 0.3) is 0 Å². The second-order valence-electron chi connectivity index (χ2n) is 5.44. The molecule has 0 aliphatic carbocycles. The van der Waals surface area contributed by atoms with Crippen LogP contribution < -0.4 is 20.1 Å². The molecule has 132 valence electrons. The number of aryl methyl sites for hydroxylation is 1. The first-order chi connectivity index (χ1) is 12.1. The Hall–Kier alpha value is -3.02. The van der Waals surface area contributed by atoms with Crippen LogP contribution in [0.5, 0.6) is 11.5 Å². The van der Waals surface area contributed by atoms with Crippen molar-refractivity contribution < 1.29 is 19.1 Å². The zero-order valence-electron chi connectivity index (χ0n) is 14.4. The molecule has 0 saturated heterocycles. The topological polar surface area (TPSA) is 76.7 Å². The molecule has 2 N–H and O–H groups in total. The zero-order valence-corrected chi connectivity index (χ0v) is 14.4. The van der Waals surface area contributed by atoms with Gasteiger partial charge in [-0.05, 0) is 43.3 Å². The van der Waals surface area contributed by atoms with Gasteiger partial charge in [-0.25, -0.2) is 0 Å². The summed E-state index contributed by atoms with van der Waals surface area (Å²) in [5.74, 6) is 0.901. The van der Waals surface area contributed by atoms with E-state index in [9.17, 15) is 9.59 Å². The second kappa shape index (κ2) is 9.32. The van der Waals surface area contributed by atoms with Crippen molar-refractivity contribution in [3.63, 3.8) is 0 Å². The van der Waals surface area contributed by atoms with Gasteiger partial charge >= 0.3 is 0 Å². The molecule has 0 radical (unpaired) electrons. The minimum absolute atomic E-state index is 0.0600. The smallest absolute Gasteiger partial charge is 0.258 e. The van der Waals surface area contributed by atoms with Crippen molar-refractivity contribution in [2.75, 3.05) is 26.8 Å². The minimum Gasteiger partial charge on any atom is -0.497 e. The molecule has 0 aromatic heterocycles. The number of carbonyl (C=O) groups is 2. The van der Waals surface area contributed by atoms with Crippen molar-refractivity contribution in [2.24, 2.45) is 0 Å². The molecule has 0 unspecified atom stereocenters. The quantitative estimate of drug-likeness (QED) is 0.719. The van der Waals surface area contributed by atoms with Crippen LogP contribution in [-0.2, 0) is 4.79 Å². The first-order valence-electron chi connectivity index (χ1n) is 7.97. The molecule has 0 saturated carbocycles. The molecule has 2 amide bonds. The fraction of sp³-hybridized carbons (Fsp3) is 0.263. The molecule has 0 aliphatic heterocycles. The molecule has 0 bridgehead atoms. The van der Waals surface area contributed by atoms with E-state index in [1.807, 2.05) is 31.2 Å². The lowest BCUT2D eigenvalue weighted by Gasteiger charge is -2.09. The van der Waals surface area contributed by atoms with Crippen molar-refractivity contribution in [1.29, 1.82) is 0 Å². The van der Waals surface area contributed by atoms with Crippen LogP contribution >= 0.6 is 0 Å². The van der Waals surface area contributed by atoms with Crippen molar-refractivity contribution in [3.05, 3.63) is 59.7 Å². The molecule has 0 fully saturated rings. The third-order valence-corrected chi connectivity index (χ3v) is 3.48. The minimum atomic E-state index is -0.237. The normalized spacial score (nSPS) is 10.0. The summed E-state index contributed by atoms with van der Waals surface area (Å²) in [4.78, 5) is 23.6. The van der Waals surface area contributed by atoms with E-state index in [1.165, 1.54) is 0 Å². The molecule has 0 spiro atoms. The summed E-state index contributed by atoms with van der Waals surface area (Å²) in [5.41, 5.74) is 1.67. The van der Waals surface area contributed by atoms with Gasteiger partial charge in [0.1, 0.15) is 11.5 Å². The highest BCUT2D eigenvalue weighted by atomic mass is 16.5. The van der Waals surface area contributed by atoms with Crippen LogP contribution in [0.4, 0.5) is 0 Å². The van der Waals surface area contributed by atoms with Crippen molar-refractivity contribution in [3.8, 4) is 11.5 Å². The van der Waals surface area contributed by atoms with Crippen LogP contribution in [0, 0.1) is 6.92 Å². The molecule has 0 heterocycles. The predicted molar refractivity (Wildman–Crippen MR) is 95.0 cm³/mol. The summed E-state index contributed by atoms with van der Waals surface area (Å²) >= 11 is 0. The average Bonchev–Trinajstić information content (AvgIpc) is 2.64. The summed E-state index contributed by atoms with van der Waals surface area (Å²) in [6, 6.07) is 14.3.